The molecule has 0 aliphatic rings. The molecule has 1 aromatic rings. The van der Waals surface area contributed by atoms with E-state index in [1.54, 1.807) is 14.0 Å². The Kier molecular flexibility index (Phi) is 5.94. The number of nitrogens with one attached hydrogen (secondary N) is 1. The molecular weight excluding hydrogens is 230 g/mol. The van der Waals surface area contributed by atoms with E-state index in [9.17, 15) is 4.79 Å². The van der Waals surface area contributed by atoms with Gasteiger partial charge in [-0.25, -0.2) is 4.79 Å². The van der Waals surface area contributed by atoms with Crippen LogP contribution in [0.3, 0.4) is 0 Å². The SMILES string of the molecule is C=C(CNc1ccc(COC)cc1)C(=O)OCC. The predicted octanol–water partition coefficient (Wildman–Crippen LogP) is 2.36. The van der Waals surface area contributed by atoms with E-state index >= 15 is 0 Å². The van der Waals surface area contributed by atoms with Crippen LogP contribution >= 0.6 is 0 Å². The van der Waals surface area contributed by atoms with E-state index in [0.717, 1.165) is 11.3 Å². The Labute approximate surface area is 108 Å². The molecule has 18 heavy (non-hydrogen) atoms. The van der Waals surface area contributed by atoms with Gasteiger partial charge in [0.05, 0.1) is 13.2 Å². The third-order valence-electron chi connectivity index (χ3n) is 2.33. The molecular formula is C14H19NO3. The van der Waals surface area contributed by atoms with Crippen molar-refractivity contribution in [1.82, 2.24) is 0 Å². The van der Waals surface area contributed by atoms with Crippen LogP contribution in [0.5, 0.6) is 0 Å². The molecule has 1 N–H and O–H groups in total. The fourth-order valence-corrected chi connectivity index (χ4v) is 1.40. The lowest BCUT2D eigenvalue weighted by Gasteiger charge is -2.09. The van der Waals surface area contributed by atoms with Gasteiger partial charge < -0.3 is 14.8 Å². The summed E-state index contributed by atoms with van der Waals surface area (Å²) in [7, 11) is 1.66. The summed E-state index contributed by atoms with van der Waals surface area (Å²) in [5, 5.41) is 3.11. The summed E-state index contributed by atoms with van der Waals surface area (Å²) >= 11 is 0. The molecule has 4 heteroatoms. The summed E-state index contributed by atoms with van der Waals surface area (Å²) in [6, 6.07) is 7.82. The molecule has 0 unspecified atom stereocenters. The summed E-state index contributed by atoms with van der Waals surface area (Å²) < 4.78 is 9.88. The molecule has 0 heterocycles. The van der Waals surface area contributed by atoms with Gasteiger partial charge in [0.2, 0.25) is 0 Å². The molecule has 0 aliphatic heterocycles. The van der Waals surface area contributed by atoms with Gasteiger partial charge in [0.1, 0.15) is 0 Å². The second-order valence-corrected chi connectivity index (χ2v) is 3.81. The largest absolute Gasteiger partial charge is 0.463 e. The van der Waals surface area contributed by atoms with Crippen molar-refractivity contribution in [3.05, 3.63) is 42.0 Å². The van der Waals surface area contributed by atoms with Crippen LogP contribution in [-0.2, 0) is 20.9 Å². The number of rotatable bonds is 7. The van der Waals surface area contributed by atoms with E-state index in [-0.39, 0.29) is 5.97 Å². The van der Waals surface area contributed by atoms with Gasteiger partial charge in [-0.2, -0.15) is 0 Å². The fourth-order valence-electron chi connectivity index (χ4n) is 1.40. The van der Waals surface area contributed by atoms with Crippen LogP contribution < -0.4 is 5.32 Å². The van der Waals surface area contributed by atoms with Crippen LogP contribution in [0.2, 0.25) is 0 Å². The summed E-state index contributed by atoms with van der Waals surface area (Å²) in [5.41, 5.74) is 2.45. The van der Waals surface area contributed by atoms with E-state index in [0.29, 0.717) is 25.3 Å². The number of carbonyl (C=O) groups excluding carboxylic acids is 1. The van der Waals surface area contributed by atoms with Crippen molar-refractivity contribution in [3.8, 4) is 0 Å². The Morgan fingerprint density at radius 1 is 1.33 bits per heavy atom. The number of esters is 1. The molecule has 1 rings (SSSR count). The number of anilines is 1. The Hall–Kier alpha value is -1.81. The number of benzene rings is 1. The van der Waals surface area contributed by atoms with Gasteiger partial charge in [-0.05, 0) is 24.6 Å². The van der Waals surface area contributed by atoms with E-state index in [2.05, 4.69) is 11.9 Å². The van der Waals surface area contributed by atoms with Gasteiger partial charge in [-0.1, -0.05) is 18.7 Å². The highest BCUT2D eigenvalue weighted by atomic mass is 16.5. The van der Waals surface area contributed by atoms with Gasteiger partial charge in [0, 0.05) is 24.9 Å². The minimum atomic E-state index is -0.360. The number of hydrogen-bond acceptors (Lipinski definition) is 4. The van der Waals surface area contributed by atoms with Gasteiger partial charge in [0.15, 0.2) is 0 Å². The Morgan fingerprint density at radius 3 is 2.56 bits per heavy atom. The molecule has 0 saturated heterocycles. The van der Waals surface area contributed by atoms with Crippen molar-refractivity contribution < 1.29 is 14.3 Å². The Morgan fingerprint density at radius 2 is 2.00 bits per heavy atom. The van der Waals surface area contributed by atoms with Crippen LogP contribution in [0.4, 0.5) is 5.69 Å². The number of hydrogen-bond donors (Lipinski definition) is 1. The zero-order valence-electron chi connectivity index (χ0n) is 10.9. The van der Waals surface area contributed by atoms with Crippen LogP contribution in [-0.4, -0.2) is 26.2 Å². The maximum absolute atomic E-state index is 11.3. The second kappa shape index (κ2) is 7.50. The van der Waals surface area contributed by atoms with Gasteiger partial charge in [0.25, 0.3) is 0 Å². The first-order valence-electron chi connectivity index (χ1n) is 5.84. The van der Waals surface area contributed by atoms with Crippen molar-refractivity contribution in [3.63, 3.8) is 0 Å². The zero-order chi connectivity index (χ0) is 13.4. The third kappa shape index (κ3) is 4.59. The molecule has 0 spiro atoms. The van der Waals surface area contributed by atoms with Crippen LogP contribution in [0.15, 0.2) is 36.4 Å². The third-order valence-corrected chi connectivity index (χ3v) is 2.33. The first kappa shape index (κ1) is 14.3. The van der Waals surface area contributed by atoms with Crippen LogP contribution in [0.25, 0.3) is 0 Å². The minimum absolute atomic E-state index is 0.360. The van der Waals surface area contributed by atoms with Crippen molar-refractivity contribution in [2.24, 2.45) is 0 Å². The maximum Gasteiger partial charge on any atom is 0.335 e. The Bertz CT molecular complexity index is 398. The van der Waals surface area contributed by atoms with E-state index in [1.165, 1.54) is 0 Å². The topological polar surface area (TPSA) is 47.6 Å². The summed E-state index contributed by atoms with van der Waals surface area (Å²) in [5.74, 6) is -0.360. The molecule has 1 aromatic carbocycles. The monoisotopic (exact) mass is 249 g/mol. The highest BCUT2D eigenvalue weighted by molar-refractivity contribution is 5.88. The highest BCUT2D eigenvalue weighted by Crippen LogP contribution is 2.10. The van der Waals surface area contributed by atoms with E-state index in [4.69, 9.17) is 9.47 Å². The molecule has 0 amide bonds. The first-order chi connectivity index (χ1) is 8.67. The number of methoxy groups -OCH3 is 1. The van der Waals surface area contributed by atoms with E-state index in [1.807, 2.05) is 24.3 Å². The predicted molar refractivity (Wildman–Crippen MR) is 71.4 cm³/mol. The normalized spacial score (nSPS) is 9.89. The molecule has 0 bridgehead atoms. The maximum atomic E-state index is 11.3. The molecule has 4 nitrogen and oxygen atoms in total. The number of ether oxygens (including phenoxy) is 2. The average molecular weight is 249 g/mol. The molecule has 0 saturated carbocycles. The molecule has 0 fully saturated rings. The second-order valence-electron chi connectivity index (χ2n) is 3.81. The van der Waals surface area contributed by atoms with Gasteiger partial charge >= 0.3 is 5.97 Å². The lowest BCUT2D eigenvalue weighted by atomic mass is 10.2. The van der Waals surface area contributed by atoms with Crippen molar-refractivity contribution in [2.45, 2.75) is 13.5 Å². The van der Waals surface area contributed by atoms with Crippen molar-refractivity contribution in [1.29, 1.82) is 0 Å². The van der Waals surface area contributed by atoms with Crippen molar-refractivity contribution >= 4 is 11.7 Å². The van der Waals surface area contributed by atoms with Crippen LogP contribution in [0.1, 0.15) is 12.5 Å². The van der Waals surface area contributed by atoms with Gasteiger partial charge in [-0.3, -0.25) is 0 Å². The standard InChI is InChI=1S/C14H19NO3/c1-4-18-14(16)11(2)9-15-13-7-5-12(6-8-13)10-17-3/h5-8,15H,2,4,9-10H2,1,3H3. The fraction of sp³-hybridized carbons (Fsp3) is 0.357. The smallest absolute Gasteiger partial charge is 0.335 e. The highest BCUT2D eigenvalue weighted by Gasteiger charge is 2.06. The molecule has 98 valence electrons. The first-order valence-corrected chi connectivity index (χ1v) is 5.84. The molecule has 0 radical (unpaired) electrons. The average Bonchev–Trinajstić information content (AvgIpc) is 2.38. The molecule has 0 aromatic heterocycles. The van der Waals surface area contributed by atoms with Crippen molar-refractivity contribution in [2.75, 3.05) is 25.6 Å². The Balaban J connectivity index is 2.43. The minimum Gasteiger partial charge on any atom is -0.463 e. The summed E-state index contributed by atoms with van der Waals surface area (Å²) in [6.07, 6.45) is 0. The molecule has 0 atom stereocenters. The van der Waals surface area contributed by atoms with E-state index < -0.39 is 0 Å². The summed E-state index contributed by atoms with van der Waals surface area (Å²) in [6.45, 7) is 6.78. The molecule has 0 aliphatic carbocycles. The van der Waals surface area contributed by atoms with Gasteiger partial charge in [-0.15, -0.1) is 0 Å². The zero-order valence-corrected chi connectivity index (χ0v) is 10.9. The van der Waals surface area contributed by atoms with Crippen LogP contribution in [0, 0.1) is 0 Å². The lowest BCUT2D eigenvalue weighted by molar-refractivity contribution is -0.138. The summed E-state index contributed by atoms with van der Waals surface area (Å²) in [4.78, 5) is 11.3. The quantitative estimate of drug-likeness (QED) is 0.595. The lowest BCUT2D eigenvalue weighted by Crippen LogP contribution is -2.14. The number of carbonyl (C=O) groups is 1.